The lowest BCUT2D eigenvalue weighted by Crippen LogP contribution is -2.22. The number of hydrogen-bond acceptors (Lipinski definition) is 6. The molecule has 1 aromatic heterocycles. The van der Waals surface area contributed by atoms with Gasteiger partial charge in [-0.3, -0.25) is 9.59 Å². The van der Waals surface area contributed by atoms with Crippen LogP contribution in [0.4, 0.5) is 11.4 Å². The van der Waals surface area contributed by atoms with E-state index in [9.17, 15) is 9.59 Å². The monoisotopic (exact) mass is 346 g/mol. The number of methoxy groups -OCH3 is 1. The molecule has 0 saturated heterocycles. The lowest BCUT2D eigenvalue weighted by molar-refractivity contribution is -0.115. The summed E-state index contributed by atoms with van der Waals surface area (Å²) < 4.78 is 5.18. The van der Waals surface area contributed by atoms with Crippen LogP contribution >= 0.6 is 11.8 Å². The minimum Gasteiger partial charge on any atom is -0.495 e. The van der Waals surface area contributed by atoms with E-state index in [1.807, 2.05) is 0 Å². The van der Waals surface area contributed by atoms with E-state index >= 15 is 0 Å². The third-order valence-electron chi connectivity index (χ3n) is 2.97. The fourth-order valence-corrected chi connectivity index (χ4v) is 2.60. The maximum Gasteiger partial charge on any atom is 0.237 e. The molecular formula is C16H18N4O3S. The van der Waals surface area contributed by atoms with Crippen molar-refractivity contribution in [3.63, 3.8) is 0 Å². The lowest BCUT2D eigenvalue weighted by atomic mass is 10.2. The second-order valence-corrected chi connectivity index (χ2v) is 6.18. The summed E-state index contributed by atoms with van der Waals surface area (Å²) in [7, 11) is 1.51. The first-order valence-corrected chi connectivity index (χ1v) is 8.07. The number of anilines is 2. The maximum atomic E-state index is 12.3. The Morgan fingerprint density at radius 1 is 1.21 bits per heavy atom. The van der Waals surface area contributed by atoms with Gasteiger partial charge in [-0.25, -0.2) is 9.97 Å². The lowest BCUT2D eigenvalue weighted by Gasteiger charge is -2.14. The van der Waals surface area contributed by atoms with E-state index in [2.05, 4.69) is 20.6 Å². The van der Waals surface area contributed by atoms with Crippen molar-refractivity contribution in [2.75, 3.05) is 17.7 Å². The van der Waals surface area contributed by atoms with Crippen LogP contribution in [0.3, 0.4) is 0 Å². The summed E-state index contributed by atoms with van der Waals surface area (Å²) in [6.45, 7) is 3.18. The number of aromatic nitrogens is 2. The van der Waals surface area contributed by atoms with Gasteiger partial charge in [-0.15, -0.1) is 0 Å². The number of carbonyl (C=O) groups is 2. The molecule has 24 heavy (non-hydrogen) atoms. The number of hydrogen-bond donors (Lipinski definition) is 2. The number of carbonyl (C=O) groups excluding carboxylic acids is 2. The molecule has 0 aliphatic carbocycles. The van der Waals surface area contributed by atoms with E-state index in [0.29, 0.717) is 22.3 Å². The van der Waals surface area contributed by atoms with Crippen molar-refractivity contribution in [2.45, 2.75) is 24.3 Å². The largest absolute Gasteiger partial charge is 0.495 e. The van der Waals surface area contributed by atoms with Gasteiger partial charge in [-0.1, -0.05) is 11.8 Å². The van der Waals surface area contributed by atoms with Gasteiger partial charge in [0.05, 0.1) is 18.0 Å². The Bertz CT molecular complexity index is 725. The summed E-state index contributed by atoms with van der Waals surface area (Å²) in [6.07, 6.45) is 3.26. The molecule has 0 aliphatic heterocycles. The Morgan fingerprint density at radius 3 is 2.54 bits per heavy atom. The fraction of sp³-hybridized carbons (Fsp3) is 0.250. The van der Waals surface area contributed by atoms with Crippen LogP contribution in [-0.2, 0) is 9.59 Å². The zero-order chi connectivity index (χ0) is 17.5. The van der Waals surface area contributed by atoms with Crippen LogP contribution in [0.2, 0.25) is 0 Å². The van der Waals surface area contributed by atoms with E-state index in [1.165, 1.54) is 25.8 Å². The van der Waals surface area contributed by atoms with Crippen LogP contribution in [0.5, 0.6) is 5.75 Å². The smallest absolute Gasteiger partial charge is 0.237 e. The minimum atomic E-state index is -0.376. The highest BCUT2D eigenvalue weighted by molar-refractivity contribution is 8.00. The topological polar surface area (TPSA) is 93.2 Å². The molecule has 0 unspecified atom stereocenters. The molecule has 0 fully saturated rings. The van der Waals surface area contributed by atoms with Gasteiger partial charge < -0.3 is 15.4 Å². The van der Waals surface area contributed by atoms with Crippen LogP contribution in [0.25, 0.3) is 0 Å². The van der Waals surface area contributed by atoms with Crippen molar-refractivity contribution in [1.29, 1.82) is 0 Å². The summed E-state index contributed by atoms with van der Waals surface area (Å²) in [6, 6.07) is 6.75. The molecule has 1 atom stereocenters. The van der Waals surface area contributed by atoms with Crippen molar-refractivity contribution >= 4 is 35.0 Å². The first-order chi connectivity index (χ1) is 11.5. The Morgan fingerprint density at radius 2 is 1.92 bits per heavy atom. The molecule has 2 aromatic rings. The molecule has 1 aromatic carbocycles. The average molecular weight is 346 g/mol. The molecule has 0 spiro atoms. The van der Waals surface area contributed by atoms with E-state index in [1.54, 1.807) is 43.6 Å². The number of benzene rings is 1. The molecule has 8 heteroatoms. The summed E-state index contributed by atoms with van der Waals surface area (Å²) in [5, 5.41) is 5.63. The number of nitrogens with one attached hydrogen (secondary N) is 2. The molecule has 0 radical (unpaired) electrons. The third-order valence-corrected chi connectivity index (χ3v) is 3.96. The first-order valence-electron chi connectivity index (χ1n) is 7.19. The molecule has 1 heterocycles. The Balaban J connectivity index is 2.06. The predicted molar refractivity (Wildman–Crippen MR) is 93.3 cm³/mol. The maximum absolute atomic E-state index is 12.3. The zero-order valence-electron chi connectivity index (χ0n) is 13.6. The highest BCUT2D eigenvalue weighted by atomic mass is 32.2. The molecule has 0 bridgehead atoms. The Kier molecular flexibility index (Phi) is 6.14. The van der Waals surface area contributed by atoms with Gasteiger partial charge in [0.2, 0.25) is 11.8 Å². The number of nitrogens with zero attached hydrogens (tertiary/aromatic N) is 2. The predicted octanol–water partition coefficient (Wildman–Crippen LogP) is 2.56. The van der Waals surface area contributed by atoms with Gasteiger partial charge >= 0.3 is 0 Å². The van der Waals surface area contributed by atoms with Crippen molar-refractivity contribution in [2.24, 2.45) is 0 Å². The molecule has 0 aliphatic rings. The average Bonchev–Trinajstić information content (AvgIpc) is 2.55. The number of amides is 2. The highest BCUT2D eigenvalue weighted by Crippen LogP contribution is 2.28. The van der Waals surface area contributed by atoms with E-state index < -0.39 is 0 Å². The van der Waals surface area contributed by atoms with Crippen molar-refractivity contribution in [3.05, 3.63) is 36.7 Å². The normalized spacial score (nSPS) is 11.5. The molecular weight excluding hydrogens is 328 g/mol. The molecule has 7 nitrogen and oxygen atoms in total. The first kappa shape index (κ1) is 17.7. The summed E-state index contributed by atoms with van der Waals surface area (Å²) in [5.41, 5.74) is 1.06. The molecule has 2 rings (SSSR count). The van der Waals surface area contributed by atoms with Crippen LogP contribution < -0.4 is 15.4 Å². The number of rotatable bonds is 6. The van der Waals surface area contributed by atoms with Crippen LogP contribution in [0.1, 0.15) is 13.8 Å². The van der Waals surface area contributed by atoms with Gasteiger partial charge in [0.25, 0.3) is 0 Å². The molecule has 126 valence electrons. The van der Waals surface area contributed by atoms with Gasteiger partial charge in [0.15, 0.2) is 5.16 Å². The second-order valence-electron chi connectivity index (χ2n) is 4.88. The molecule has 2 amide bonds. The standard InChI is InChI=1S/C16H18N4O3S/c1-10(24-16-17-7-4-8-18-16)15(22)20-12-5-6-14(23-3)13(9-12)19-11(2)21/h4-10H,1-3H3,(H,19,21)(H,20,22)/t10-/m0/s1. The number of ether oxygens (including phenoxy) is 1. The van der Waals surface area contributed by atoms with E-state index in [0.717, 1.165) is 0 Å². The van der Waals surface area contributed by atoms with Gasteiger partial charge in [0, 0.05) is 25.0 Å². The minimum absolute atomic E-state index is 0.189. The zero-order valence-corrected chi connectivity index (χ0v) is 14.4. The van der Waals surface area contributed by atoms with Crippen molar-refractivity contribution in [3.8, 4) is 5.75 Å². The Labute approximate surface area is 144 Å². The van der Waals surface area contributed by atoms with Crippen LogP contribution in [-0.4, -0.2) is 34.1 Å². The second kappa shape index (κ2) is 8.30. The van der Waals surface area contributed by atoms with Gasteiger partial charge in [0.1, 0.15) is 5.75 Å². The van der Waals surface area contributed by atoms with Gasteiger partial charge in [-0.2, -0.15) is 0 Å². The summed E-state index contributed by atoms with van der Waals surface area (Å²) in [4.78, 5) is 31.7. The summed E-state index contributed by atoms with van der Waals surface area (Å²) in [5.74, 6) is 0.108. The third kappa shape index (κ3) is 4.95. The number of thioether (sulfide) groups is 1. The van der Waals surface area contributed by atoms with E-state index in [4.69, 9.17) is 4.74 Å². The quantitative estimate of drug-likeness (QED) is 0.617. The van der Waals surface area contributed by atoms with Crippen LogP contribution in [0, 0.1) is 0 Å². The molecule has 0 saturated carbocycles. The molecule has 2 N–H and O–H groups in total. The Hall–Kier alpha value is -2.61. The summed E-state index contributed by atoms with van der Waals surface area (Å²) >= 11 is 1.26. The van der Waals surface area contributed by atoms with Crippen molar-refractivity contribution < 1.29 is 14.3 Å². The van der Waals surface area contributed by atoms with E-state index in [-0.39, 0.29) is 17.1 Å². The highest BCUT2D eigenvalue weighted by Gasteiger charge is 2.16. The SMILES string of the molecule is COc1ccc(NC(=O)[C@H](C)Sc2ncccn2)cc1NC(C)=O. The van der Waals surface area contributed by atoms with Gasteiger partial charge in [-0.05, 0) is 31.2 Å². The van der Waals surface area contributed by atoms with Crippen LogP contribution in [0.15, 0.2) is 41.8 Å². The van der Waals surface area contributed by atoms with Crippen molar-refractivity contribution in [1.82, 2.24) is 9.97 Å². The fourth-order valence-electron chi connectivity index (χ4n) is 1.87.